The van der Waals surface area contributed by atoms with Gasteiger partial charge in [0.2, 0.25) is 0 Å². The second kappa shape index (κ2) is 4.96. The van der Waals surface area contributed by atoms with Crippen molar-refractivity contribution in [3.63, 3.8) is 0 Å². The zero-order valence-electron chi connectivity index (χ0n) is 9.15. The SMILES string of the molecule is O=C(O)/C=C/c1ncc(C2CCCCC2)[nH]1. The van der Waals surface area contributed by atoms with Gasteiger partial charge in [0.05, 0.1) is 0 Å². The fraction of sp³-hybridized carbons (Fsp3) is 0.500. The molecule has 16 heavy (non-hydrogen) atoms. The van der Waals surface area contributed by atoms with Crippen LogP contribution in [0, 0.1) is 0 Å². The van der Waals surface area contributed by atoms with Gasteiger partial charge in [-0.2, -0.15) is 0 Å². The lowest BCUT2D eigenvalue weighted by molar-refractivity contribution is -0.131. The number of nitrogens with one attached hydrogen (secondary N) is 1. The van der Waals surface area contributed by atoms with E-state index in [2.05, 4.69) is 9.97 Å². The summed E-state index contributed by atoms with van der Waals surface area (Å²) in [6.07, 6.45) is 10.7. The molecule has 86 valence electrons. The molecule has 0 bridgehead atoms. The van der Waals surface area contributed by atoms with Gasteiger partial charge in [-0.3, -0.25) is 0 Å². The van der Waals surface area contributed by atoms with E-state index in [0.717, 1.165) is 11.8 Å². The second-order valence-electron chi connectivity index (χ2n) is 4.23. The van der Waals surface area contributed by atoms with Crippen molar-refractivity contribution in [2.45, 2.75) is 38.0 Å². The molecular formula is C12H16N2O2. The molecule has 1 aliphatic carbocycles. The first-order valence-corrected chi connectivity index (χ1v) is 5.71. The quantitative estimate of drug-likeness (QED) is 0.769. The summed E-state index contributed by atoms with van der Waals surface area (Å²) < 4.78 is 0. The summed E-state index contributed by atoms with van der Waals surface area (Å²) in [6, 6.07) is 0. The van der Waals surface area contributed by atoms with Crippen LogP contribution in [0.3, 0.4) is 0 Å². The van der Waals surface area contributed by atoms with Crippen LogP contribution in [0.1, 0.15) is 49.5 Å². The molecule has 0 radical (unpaired) electrons. The smallest absolute Gasteiger partial charge is 0.328 e. The normalized spacial score (nSPS) is 18.0. The molecule has 1 aromatic heterocycles. The number of nitrogens with zero attached hydrogens (tertiary/aromatic N) is 1. The van der Waals surface area contributed by atoms with E-state index in [9.17, 15) is 4.79 Å². The molecule has 1 heterocycles. The van der Waals surface area contributed by atoms with Crippen LogP contribution in [-0.2, 0) is 4.79 Å². The van der Waals surface area contributed by atoms with Crippen LogP contribution in [0.25, 0.3) is 6.08 Å². The van der Waals surface area contributed by atoms with E-state index in [1.807, 2.05) is 6.20 Å². The van der Waals surface area contributed by atoms with Crippen molar-refractivity contribution in [1.29, 1.82) is 0 Å². The van der Waals surface area contributed by atoms with Crippen LogP contribution in [0.2, 0.25) is 0 Å². The highest BCUT2D eigenvalue weighted by Crippen LogP contribution is 2.31. The summed E-state index contributed by atoms with van der Waals surface area (Å²) in [5, 5.41) is 8.50. The number of carboxylic acid groups (broad SMARTS) is 1. The number of carboxylic acids is 1. The summed E-state index contributed by atoms with van der Waals surface area (Å²) in [5.74, 6) is 0.256. The molecule has 1 fully saturated rings. The topological polar surface area (TPSA) is 66.0 Å². The predicted octanol–water partition coefficient (Wildman–Crippen LogP) is 2.56. The van der Waals surface area contributed by atoms with Crippen LogP contribution in [0.4, 0.5) is 0 Å². The Bertz CT molecular complexity index is 389. The molecule has 2 rings (SSSR count). The van der Waals surface area contributed by atoms with Gasteiger partial charge in [0.1, 0.15) is 5.82 Å². The van der Waals surface area contributed by atoms with Gasteiger partial charge in [-0.05, 0) is 18.9 Å². The van der Waals surface area contributed by atoms with Crippen LogP contribution < -0.4 is 0 Å². The van der Waals surface area contributed by atoms with Crippen molar-refractivity contribution >= 4 is 12.0 Å². The highest BCUT2D eigenvalue weighted by Gasteiger charge is 2.16. The van der Waals surface area contributed by atoms with Gasteiger partial charge < -0.3 is 10.1 Å². The summed E-state index contributed by atoms with van der Waals surface area (Å²) in [4.78, 5) is 17.7. The van der Waals surface area contributed by atoms with E-state index in [4.69, 9.17) is 5.11 Å². The molecule has 4 nitrogen and oxygen atoms in total. The van der Waals surface area contributed by atoms with E-state index < -0.39 is 5.97 Å². The number of carbonyl (C=O) groups is 1. The number of imidazole rings is 1. The Kier molecular flexibility index (Phi) is 3.39. The fourth-order valence-corrected chi connectivity index (χ4v) is 2.21. The van der Waals surface area contributed by atoms with Crippen LogP contribution in [0.15, 0.2) is 12.3 Å². The van der Waals surface area contributed by atoms with Crippen LogP contribution in [-0.4, -0.2) is 21.0 Å². The van der Waals surface area contributed by atoms with Crippen molar-refractivity contribution in [3.8, 4) is 0 Å². The molecule has 1 aliphatic rings. The number of hydrogen-bond acceptors (Lipinski definition) is 2. The number of H-pyrrole nitrogens is 1. The lowest BCUT2D eigenvalue weighted by atomic mass is 9.87. The van der Waals surface area contributed by atoms with Crippen molar-refractivity contribution < 1.29 is 9.90 Å². The third kappa shape index (κ3) is 2.72. The Balaban J connectivity index is 2.03. The molecule has 0 unspecified atom stereocenters. The summed E-state index contributed by atoms with van der Waals surface area (Å²) >= 11 is 0. The van der Waals surface area contributed by atoms with Crippen molar-refractivity contribution in [2.75, 3.05) is 0 Å². The van der Waals surface area contributed by atoms with Gasteiger partial charge in [0.25, 0.3) is 0 Å². The number of aliphatic carboxylic acids is 1. The number of aromatic amines is 1. The highest BCUT2D eigenvalue weighted by atomic mass is 16.4. The average molecular weight is 220 g/mol. The minimum absolute atomic E-state index is 0.577. The van der Waals surface area contributed by atoms with Crippen molar-refractivity contribution in [1.82, 2.24) is 9.97 Å². The van der Waals surface area contributed by atoms with Crippen molar-refractivity contribution in [3.05, 3.63) is 23.8 Å². The Morgan fingerprint density at radius 1 is 1.44 bits per heavy atom. The maximum absolute atomic E-state index is 10.4. The molecule has 4 heteroatoms. The zero-order chi connectivity index (χ0) is 11.4. The Hall–Kier alpha value is -1.58. The Morgan fingerprint density at radius 2 is 2.19 bits per heavy atom. The van der Waals surface area contributed by atoms with Crippen LogP contribution >= 0.6 is 0 Å². The van der Waals surface area contributed by atoms with Gasteiger partial charge in [-0.15, -0.1) is 0 Å². The molecule has 0 aromatic carbocycles. The van der Waals surface area contributed by atoms with Gasteiger partial charge in [0.15, 0.2) is 0 Å². The lowest BCUT2D eigenvalue weighted by Gasteiger charge is -2.19. The van der Waals surface area contributed by atoms with E-state index in [1.54, 1.807) is 0 Å². The monoisotopic (exact) mass is 220 g/mol. The van der Waals surface area contributed by atoms with E-state index in [1.165, 1.54) is 38.2 Å². The number of aromatic nitrogens is 2. The van der Waals surface area contributed by atoms with Crippen molar-refractivity contribution in [2.24, 2.45) is 0 Å². The first-order valence-electron chi connectivity index (χ1n) is 5.71. The van der Waals surface area contributed by atoms with Gasteiger partial charge in [-0.25, -0.2) is 9.78 Å². The molecule has 1 saturated carbocycles. The van der Waals surface area contributed by atoms with E-state index >= 15 is 0 Å². The molecule has 0 spiro atoms. The first-order chi connectivity index (χ1) is 7.75. The molecule has 2 N–H and O–H groups in total. The maximum Gasteiger partial charge on any atom is 0.328 e. The largest absolute Gasteiger partial charge is 0.478 e. The standard InChI is InChI=1S/C12H16N2O2/c15-12(16)7-6-11-13-8-10(14-11)9-4-2-1-3-5-9/h6-9H,1-5H2,(H,13,14)(H,15,16)/b7-6+. The Morgan fingerprint density at radius 3 is 2.88 bits per heavy atom. The fourth-order valence-electron chi connectivity index (χ4n) is 2.21. The van der Waals surface area contributed by atoms with Gasteiger partial charge in [-0.1, -0.05) is 19.3 Å². The minimum Gasteiger partial charge on any atom is -0.478 e. The minimum atomic E-state index is -0.949. The molecular weight excluding hydrogens is 204 g/mol. The molecule has 0 amide bonds. The Labute approximate surface area is 94.4 Å². The number of rotatable bonds is 3. The number of hydrogen-bond donors (Lipinski definition) is 2. The average Bonchev–Trinajstić information content (AvgIpc) is 2.76. The van der Waals surface area contributed by atoms with Gasteiger partial charge in [0, 0.05) is 23.9 Å². The molecule has 0 aliphatic heterocycles. The maximum atomic E-state index is 10.4. The van der Waals surface area contributed by atoms with Gasteiger partial charge >= 0.3 is 5.97 Å². The summed E-state index contributed by atoms with van der Waals surface area (Å²) in [7, 11) is 0. The molecule has 0 atom stereocenters. The summed E-state index contributed by atoms with van der Waals surface area (Å²) in [5.41, 5.74) is 1.14. The molecule has 1 aromatic rings. The predicted molar refractivity (Wildman–Crippen MR) is 61.1 cm³/mol. The van der Waals surface area contributed by atoms with Crippen LogP contribution in [0.5, 0.6) is 0 Å². The third-order valence-corrected chi connectivity index (χ3v) is 3.04. The zero-order valence-corrected chi connectivity index (χ0v) is 9.15. The molecule has 0 saturated heterocycles. The van der Waals surface area contributed by atoms with E-state index in [0.29, 0.717) is 11.7 Å². The highest BCUT2D eigenvalue weighted by molar-refractivity contribution is 5.84. The second-order valence-corrected chi connectivity index (χ2v) is 4.23. The lowest BCUT2D eigenvalue weighted by Crippen LogP contribution is -2.04. The first kappa shape index (κ1) is 10.9. The van der Waals surface area contributed by atoms with E-state index in [-0.39, 0.29) is 0 Å². The third-order valence-electron chi connectivity index (χ3n) is 3.04. The summed E-state index contributed by atoms with van der Waals surface area (Å²) in [6.45, 7) is 0.